The van der Waals surface area contributed by atoms with Gasteiger partial charge in [-0.1, -0.05) is 19.1 Å². The van der Waals surface area contributed by atoms with E-state index in [2.05, 4.69) is 5.32 Å². The summed E-state index contributed by atoms with van der Waals surface area (Å²) in [5.41, 5.74) is -0.0282. The quantitative estimate of drug-likeness (QED) is 0.814. The van der Waals surface area contributed by atoms with Crippen molar-refractivity contribution >= 4 is 29.4 Å². The molecule has 3 amide bonds. The third-order valence-electron chi connectivity index (χ3n) is 5.09. The van der Waals surface area contributed by atoms with Crippen LogP contribution in [0.1, 0.15) is 43.5 Å². The number of amides is 3. The summed E-state index contributed by atoms with van der Waals surface area (Å²) in [6.45, 7) is 3.10. The van der Waals surface area contributed by atoms with Crippen LogP contribution in [0, 0.1) is 0 Å². The SMILES string of the molecule is CCC(NC(=O)CN1C(=O)c2ccccc2N2C(=O)CCC12C)C(=O)O. The summed E-state index contributed by atoms with van der Waals surface area (Å²) in [6.07, 6.45) is 0.929. The van der Waals surface area contributed by atoms with Crippen molar-refractivity contribution in [3.8, 4) is 0 Å². The smallest absolute Gasteiger partial charge is 0.326 e. The second-order valence-electron chi connectivity index (χ2n) is 6.72. The van der Waals surface area contributed by atoms with Gasteiger partial charge in [-0.2, -0.15) is 0 Å². The topological polar surface area (TPSA) is 107 Å². The molecule has 2 aliphatic heterocycles. The Balaban J connectivity index is 1.92. The molecule has 2 N–H and O–H groups in total. The van der Waals surface area contributed by atoms with Crippen LogP contribution >= 0.6 is 0 Å². The number of aliphatic carboxylic acids is 1. The molecule has 1 saturated heterocycles. The van der Waals surface area contributed by atoms with Crippen molar-refractivity contribution in [2.24, 2.45) is 0 Å². The molecule has 0 aliphatic carbocycles. The van der Waals surface area contributed by atoms with E-state index in [1.54, 1.807) is 43.0 Å². The van der Waals surface area contributed by atoms with Crippen LogP contribution < -0.4 is 10.2 Å². The van der Waals surface area contributed by atoms with Gasteiger partial charge in [0.1, 0.15) is 18.2 Å². The van der Waals surface area contributed by atoms with Crippen molar-refractivity contribution in [2.75, 3.05) is 11.4 Å². The summed E-state index contributed by atoms with van der Waals surface area (Å²) in [5, 5.41) is 11.5. The fourth-order valence-electron chi connectivity index (χ4n) is 3.66. The van der Waals surface area contributed by atoms with Crippen molar-refractivity contribution in [3.05, 3.63) is 29.8 Å². The van der Waals surface area contributed by atoms with Crippen molar-refractivity contribution in [1.29, 1.82) is 0 Å². The molecule has 2 heterocycles. The van der Waals surface area contributed by atoms with E-state index in [9.17, 15) is 19.2 Å². The van der Waals surface area contributed by atoms with E-state index in [0.29, 0.717) is 17.7 Å². The molecule has 0 aromatic heterocycles. The van der Waals surface area contributed by atoms with Gasteiger partial charge < -0.3 is 15.3 Å². The van der Waals surface area contributed by atoms with Gasteiger partial charge >= 0.3 is 5.97 Å². The van der Waals surface area contributed by atoms with Crippen molar-refractivity contribution in [1.82, 2.24) is 10.2 Å². The van der Waals surface area contributed by atoms with Gasteiger partial charge in [0.25, 0.3) is 5.91 Å². The molecule has 2 unspecified atom stereocenters. The Bertz CT molecular complexity index is 793. The molecule has 0 saturated carbocycles. The standard InChI is InChI=1S/C18H21N3O5/c1-3-12(17(25)26)19-14(22)10-20-16(24)11-6-4-5-7-13(11)21-15(23)8-9-18(20,21)2/h4-7,12H,3,8-10H2,1-2H3,(H,19,22)(H,25,26). The number of para-hydroxylation sites is 1. The second kappa shape index (κ2) is 6.44. The van der Waals surface area contributed by atoms with Crippen LogP contribution in [0.5, 0.6) is 0 Å². The summed E-state index contributed by atoms with van der Waals surface area (Å²) in [7, 11) is 0. The minimum absolute atomic E-state index is 0.102. The second-order valence-corrected chi connectivity index (χ2v) is 6.72. The number of anilines is 1. The first-order valence-corrected chi connectivity index (χ1v) is 8.56. The summed E-state index contributed by atoms with van der Waals surface area (Å²) >= 11 is 0. The number of nitrogens with zero attached hydrogens (tertiary/aromatic N) is 2. The Morgan fingerprint density at radius 1 is 1.31 bits per heavy atom. The predicted molar refractivity (Wildman–Crippen MR) is 92.5 cm³/mol. The lowest BCUT2D eigenvalue weighted by molar-refractivity contribution is -0.142. The molecular weight excluding hydrogens is 338 g/mol. The largest absolute Gasteiger partial charge is 0.480 e. The number of rotatable bonds is 5. The lowest BCUT2D eigenvalue weighted by Gasteiger charge is -2.48. The predicted octanol–water partition coefficient (Wildman–Crippen LogP) is 0.965. The van der Waals surface area contributed by atoms with Gasteiger partial charge in [0.2, 0.25) is 11.8 Å². The van der Waals surface area contributed by atoms with E-state index in [1.165, 1.54) is 4.90 Å². The molecule has 8 heteroatoms. The number of carbonyl (C=O) groups excluding carboxylic acids is 3. The number of carboxylic acid groups (broad SMARTS) is 1. The molecule has 26 heavy (non-hydrogen) atoms. The van der Waals surface area contributed by atoms with Gasteiger partial charge in [0.15, 0.2) is 0 Å². The zero-order valence-electron chi connectivity index (χ0n) is 14.7. The van der Waals surface area contributed by atoms with Crippen molar-refractivity contribution in [2.45, 2.75) is 44.8 Å². The molecule has 138 valence electrons. The minimum Gasteiger partial charge on any atom is -0.480 e. The minimum atomic E-state index is -1.12. The first kappa shape index (κ1) is 17.9. The lowest BCUT2D eigenvalue weighted by Crippen LogP contribution is -2.64. The van der Waals surface area contributed by atoms with Crippen LogP contribution in [0.2, 0.25) is 0 Å². The monoisotopic (exact) mass is 359 g/mol. The molecule has 8 nitrogen and oxygen atoms in total. The number of hydrogen-bond donors (Lipinski definition) is 2. The number of carbonyl (C=O) groups is 4. The summed E-state index contributed by atoms with van der Waals surface area (Å²) in [5.74, 6) is -2.13. The van der Waals surface area contributed by atoms with Crippen LogP contribution in [0.3, 0.4) is 0 Å². The highest BCUT2D eigenvalue weighted by Gasteiger charge is 2.53. The summed E-state index contributed by atoms with van der Waals surface area (Å²) in [6, 6.07) is 5.81. The Hall–Kier alpha value is -2.90. The van der Waals surface area contributed by atoms with Crippen molar-refractivity contribution in [3.63, 3.8) is 0 Å². The van der Waals surface area contributed by atoms with E-state index >= 15 is 0 Å². The van der Waals surface area contributed by atoms with Gasteiger partial charge in [-0.25, -0.2) is 4.79 Å². The highest BCUT2D eigenvalue weighted by molar-refractivity contribution is 6.11. The number of hydrogen-bond acceptors (Lipinski definition) is 4. The average molecular weight is 359 g/mol. The molecule has 2 atom stereocenters. The van der Waals surface area contributed by atoms with Crippen LogP contribution in [-0.4, -0.2) is 51.9 Å². The van der Waals surface area contributed by atoms with E-state index in [-0.39, 0.29) is 31.2 Å². The van der Waals surface area contributed by atoms with Gasteiger partial charge in [-0.3, -0.25) is 19.3 Å². The number of carboxylic acids is 1. The van der Waals surface area contributed by atoms with E-state index in [1.807, 2.05) is 0 Å². The van der Waals surface area contributed by atoms with E-state index in [0.717, 1.165) is 0 Å². The Morgan fingerprint density at radius 2 is 2.00 bits per heavy atom. The maximum atomic E-state index is 13.0. The number of fused-ring (bicyclic) bond motifs is 3. The molecule has 0 spiro atoms. The average Bonchev–Trinajstić information content (AvgIpc) is 2.92. The normalized spacial score (nSPS) is 22.7. The third kappa shape index (κ3) is 2.71. The molecule has 1 aromatic rings. The van der Waals surface area contributed by atoms with Crippen LogP contribution in [0.15, 0.2) is 24.3 Å². The first-order valence-electron chi connectivity index (χ1n) is 8.56. The highest BCUT2D eigenvalue weighted by Crippen LogP contribution is 2.43. The summed E-state index contributed by atoms with van der Waals surface area (Å²) < 4.78 is 0. The zero-order chi connectivity index (χ0) is 19.1. The maximum absolute atomic E-state index is 13.0. The lowest BCUT2D eigenvalue weighted by atomic mass is 9.98. The molecule has 2 aliphatic rings. The fraction of sp³-hybridized carbons (Fsp3) is 0.444. The van der Waals surface area contributed by atoms with Crippen molar-refractivity contribution < 1.29 is 24.3 Å². The fourth-order valence-corrected chi connectivity index (χ4v) is 3.66. The Morgan fingerprint density at radius 3 is 2.65 bits per heavy atom. The van der Waals surface area contributed by atoms with E-state index < -0.39 is 23.6 Å². The Kier molecular flexibility index (Phi) is 4.43. The first-order chi connectivity index (χ1) is 12.3. The summed E-state index contributed by atoms with van der Waals surface area (Å²) in [4.78, 5) is 51.9. The van der Waals surface area contributed by atoms with Crippen LogP contribution in [0.25, 0.3) is 0 Å². The Labute approximate surface area is 150 Å². The zero-order valence-corrected chi connectivity index (χ0v) is 14.7. The maximum Gasteiger partial charge on any atom is 0.326 e. The number of nitrogens with one attached hydrogen (secondary N) is 1. The van der Waals surface area contributed by atoms with Crippen LogP contribution in [0.4, 0.5) is 5.69 Å². The van der Waals surface area contributed by atoms with Crippen LogP contribution in [-0.2, 0) is 14.4 Å². The van der Waals surface area contributed by atoms with Gasteiger partial charge in [-0.05, 0) is 31.9 Å². The molecular formula is C18H21N3O5. The van der Waals surface area contributed by atoms with Gasteiger partial charge in [0.05, 0.1) is 11.3 Å². The molecule has 1 fully saturated rings. The molecule has 0 radical (unpaired) electrons. The van der Waals surface area contributed by atoms with Gasteiger partial charge in [0, 0.05) is 6.42 Å². The number of benzene rings is 1. The molecule has 3 rings (SSSR count). The molecule has 0 bridgehead atoms. The third-order valence-corrected chi connectivity index (χ3v) is 5.09. The molecule has 1 aromatic carbocycles. The highest BCUT2D eigenvalue weighted by atomic mass is 16.4. The van der Waals surface area contributed by atoms with Gasteiger partial charge in [-0.15, -0.1) is 0 Å². The van der Waals surface area contributed by atoms with E-state index in [4.69, 9.17) is 5.11 Å².